The molecular formula is C29H27NO3. The molecule has 33 heavy (non-hydrogen) atoms. The predicted octanol–water partition coefficient (Wildman–Crippen LogP) is 6.43. The van der Waals surface area contributed by atoms with Crippen LogP contribution in [0.5, 0.6) is 11.5 Å². The Bertz CT molecular complexity index is 1190. The molecule has 1 amide bonds. The summed E-state index contributed by atoms with van der Waals surface area (Å²) < 4.78 is 11.5. The van der Waals surface area contributed by atoms with Crippen LogP contribution in [0.25, 0.3) is 11.1 Å². The van der Waals surface area contributed by atoms with Crippen molar-refractivity contribution in [3.63, 3.8) is 0 Å². The summed E-state index contributed by atoms with van der Waals surface area (Å²) in [6.45, 7) is 2.27. The van der Waals surface area contributed by atoms with Crippen molar-refractivity contribution in [1.29, 1.82) is 0 Å². The van der Waals surface area contributed by atoms with Gasteiger partial charge in [0, 0.05) is 11.1 Å². The Balaban J connectivity index is 1.44. The fourth-order valence-electron chi connectivity index (χ4n) is 3.67. The summed E-state index contributed by atoms with van der Waals surface area (Å²) in [5.74, 6) is 1.30. The Morgan fingerprint density at radius 2 is 1.45 bits per heavy atom. The van der Waals surface area contributed by atoms with Gasteiger partial charge in [0.15, 0.2) is 0 Å². The number of nitrogens with one attached hydrogen (secondary N) is 1. The van der Waals surface area contributed by atoms with Crippen LogP contribution in [-0.4, -0.2) is 13.0 Å². The summed E-state index contributed by atoms with van der Waals surface area (Å²) >= 11 is 0. The van der Waals surface area contributed by atoms with Crippen LogP contribution in [0.3, 0.4) is 0 Å². The highest BCUT2D eigenvalue weighted by Gasteiger charge is 2.14. The van der Waals surface area contributed by atoms with Gasteiger partial charge in [0.1, 0.15) is 18.1 Å². The van der Waals surface area contributed by atoms with Crippen LogP contribution in [0.4, 0.5) is 0 Å². The van der Waals surface area contributed by atoms with Crippen LogP contribution in [0, 0.1) is 0 Å². The molecule has 0 saturated carbocycles. The van der Waals surface area contributed by atoms with Crippen molar-refractivity contribution in [3.8, 4) is 22.6 Å². The van der Waals surface area contributed by atoms with E-state index < -0.39 is 0 Å². The quantitative estimate of drug-likeness (QED) is 0.345. The minimum Gasteiger partial charge on any atom is -0.496 e. The van der Waals surface area contributed by atoms with Crippen molar-refractivity contribution in [3.05, 3.63) is 120 Å². The van der Waals surface area contributed by atoms with Gasteiger partial charge < -0.3 is 14.8 Å². The van der Waals surface area contributed by atoms with E-state index in [1.54, 1.807) is 19.2 Å². The first kappa shape index (κ1) is 22.2. The molecule has 0 bridgehead atoms. The molecule has 0 aliphatic rings. The zero-order chi connectivity index (χ0) is 23.0. The Morgan fingerprint density at radius 1 is 0.818 bits per heavy atom. The average molecular weight is 438 g/mol. The van der Waals surface area contributed by atoms with Crippen LogP contribution in [0.2, 0.25) is 0 Å². The Morgan fingerprint density at radius 3 is 2.12 bits per heavy atom. The molecule has 166 valence electrons. The number of carbonyl (C=O) groups is 1. The molecule has 4 aromatic carbocycles. The maximum Gasteiger partial charge on any atom is 0.251 e. The van der Waals surface area contributed by atoms with Gasteiger partial charge in [0.05, 0.1) is 13.2 Å². The predicted molar refractivity (Wildman–Crippen MR) is 132 cm³/mol. The molecule has 1 atom stereocenters. The maximum absolute atomic E-state index is 12.8. The number of carbonyl (C=O) groups excluding carboxylic acids is 1. The van der Waals surface area contributed by atoms with E-state index in [4.69, 9.17) is 9.47 Å². The number of benzene rings is 4. The molecule has 0 unspecified atom stereocenters. The maximum atomic E-state index is 12.8. The second kappa shape index (κ2) is 10.5. The minimum atomic E-state index is -0.137. The zero-order valence-corrected chi connectivity index (χ0v) is 18.8. The summed E-state index contributed by atoms with van der Waals surface area (Å²) in [5.41, 5.74) is 4.73. The normalized spacial score (nSPS) is 11.5. The molecule has 0 aromatic heterocycles. The van der Waals surface area contributed by atoms with Crippen molar-refractivity contribution < 1.29 is 14.3 Å². The lowest BCUT2D eigenvalue weighted by Crippen LogP contribution is -2.26. The molecular weight excluding hydrogens is 410 g/mol. The summed E-state index contributed by atoms with van der Waals surface area (Å²) in [5, 5.41) is 3.05. The lowest BCUT2D eigenvalue weighted by Gasteiger charge is -2.16. The molecule has 4 heteroatoms. The van der Waals surface area contributed by atoms with Gasteiger partial charge in [-0.05, 0) is 53.9 Å². The molecule has 4 rings (SSSR count). The SMILES string of the molecule is COc1ccc(C(=O)N[C@@H](C)c2ccccc2)cc1COc1ccc(-c2ccccc2)cc1. The second-order valence-electron chi connectivity index (χ2n) is 7.81. The van der Waals surface area contributed by atoms with Crippen LogP contribution in [0.1, 0.15) is 34.5 Å². The molecule has 4 aromatic rings. The molecule has 4 nitrogen and oxygen atoms in total. The molecule has 0 saturated heterocycles. The summed E-state index contributed by atoms with van der Waals surface area (Å²) in [7, 11) is 1.62. The molecule has 0 heterocycles. The highest BCUT2D eigenvalue weighted by Crippen LogP contribution is 2.25. The van der Waals surface area contributed by atoms with E-state index in [1.165, 1.54) is 0 Å². The first-order valence-electron chi connectivity index (χ1n) is 10.9. The molecule has 0 spiro atoms. The van der Waals surface area contributed by atoms with E-state index >= 15 is 0 Å². The number of rotatable bonds is 8. The van der Waals surface area contributed by atoms with E-state index in [0.717, 1.165) is 28.0 Å². The van der Waals surface area contributed by atoms with Gasteiger partial charge in [0.2, 0.25) is 0 Å². The van der Waals surface area contributed by atoms with E-state index in [1.807, 2.05) is 85.8 Å². The highest BCUT2D eigenvalue weighted by molar-refractivity contribution is 5.94. The fourth-order valence-corrected chi connectivity index (χ4v) is 3.67. The van der Waals surface area contributed by atoms with E-state index in [0.29, 0.717) is 17.9 Å². The first-order chi connectivity index (χ1) is 16.1. The van der Waals surface area contributed by atoms with Crippen molar-refractivity contribution in [2.75, 3.05) is 7.11 Å². The summed E-state index contributed by atoms with van der Waals surface area (Å²) in [6, 6.07) is 33.4. The van der Waals surface area contributed by atoms with Crippen LogP contribution in [-0.2, 0) is 6.61 Å². The molecule has 0 radical (unpaired) electrons. The highest BCUT2D eigenvalue weighted by atomic mass is 16.5. The van der Waals surface area contributed by atoms with Gasteiger partial charge >= 0.3 is 0 Å². The van der Waals surface area contributed by atoms with Gasteiger partial charge in [-0.25, -0.2) is 0 Å². The van der Waals surface area contributed by atoms with Gasteiger partial charge in [-0.2, -0.15) is 0 Å². The third-order valence-corrected chi connectivity index (χ3v) is 5.55. The lowest BCUT2D eigenvalue weighted by molar-refractivity contribution is 0.0939. The van der Waals surface area contributed by atoms with Crippen molar-refractivity contribution in [1.82, 2.24) is 5.32 Å². The number of hydrogen-bond acceptors (Lipinski definition) is 3. The number of ether oxygens (including phenoxy) is 2. The second-order valence-corrected chi connectivity index (χ2v) is 7.81. The van der Waals surface area contributed by atoms with Crippen LogP contribution < -0.4 is 14.8 Å². The standard InChI is InChI=1S/C29H27NO3/c1-21(22-9-5-3-6-10-22)30-29(31)25-15-18-28(32-2)26(19-25)20-33-27-16-13-24(14-17-27)23-11-7-4-8-12-23/h3-19,21H,20H2,1-2H3,(H,30,31)/t21-/m0/s1. The van der Waals surface area contributed by atoms with E-state index in [-0.39, 0.29) is 11.9 Å². The number of amides is 1. The smallest absolute Gasteiger partial charge is 0.251 e. The van der Waals surface area contributed by atoms with E-state index in [9.17, 15) is 4.79 Å². The molecule has 0 aliphatic heterocycles. The fraction of sp³-hybridized carbons (Fsp3) is 0.138. The Labute approximate surface area is 194 Å². The Kier molecular flexibility index (Phi) is 7.06. The van der Waals surface area contributed by atoms with Crippen molar-refractivity contribution in [2.45, 2.75) is 19.6 Å². The average Bonchev–Trinajstić information content (AvgIpc) is 2.88. The molecule has 0 fully saturated rings. The van der Waals surface area contributed by atoms with Crippen molar-refractivity contribution >= 4 is 5.91 Å². The van der Waals surface area contributed by atoms with Gasteiger partial charge in [-0.1, -0.05) is 72.8 Å². The summed E-state index contributed by atoms with van der Waals surface area (Å²) in [6.07, 6.45) is 0. The monoisotopic (exact) mass is 437 g/mol. The van der Waals surface area contributed by atoms with Gasteiger partial charge in [-0.3, -0.25) is 4.79 Å². The largest absolute Gasteiger partial charge is 0.496 e. The first-order valence-corrected chi connectivity index (χ1v) is 10.9. The third kappa shape index (κ3) is 5.60. The number of hydrogen-bond donors (Lipinski definition) is 1. The molecule has 0 aliphatic carbocycles. The van der Waals surface area contributed by atoms with E-state index in [2.05, 4.69) is 17.4 Å². The van der Waals surface area contributed by atoms with Crippen LogP contribution in [0.15, 0.2) is 103 Å². The van der Waals surface area contributed by atoms with Gasteiger partial charge in [-0.15, -0.1) is 0 Å². The topological polar surface area (TPSA) is 47.6 Å². The Hall–Kier alpha value is -4.05. The minimum absolute atomic E-state index is 0.0939. The van der Waals surface area contributed by atoms with Crippen molar-refractivity contribution in [2.24, 2.45) is 0 Å². The number of methoxy groups -OCH3 is 1. The van der Waals surface area contributed by atoms with Crippen LogP contribution >= 0.6 is 0 Å². The van der Waals surface area contributed by atoms with Gasteiger partial charge in [0.25, 0.3) is 5.91 Å². The lowest BCUT2D eigenvalue weighted by atomic mass is 10.1. The molecule has 1 N–H and O–H groups in total. The summed E-state index contributed by atoms with van der Waals surface area (Å²) in [4.78, 5) is 12.8. The third-order valence-electron chi connectivity index (χ3n) is 5.55. The zero-order valence-electron chi connectivity index (χ0n) is 18.8.